The van der Waals surface area contributed by atoms with Gasteiger partial charge in [0.1, 0.15) is 5.75 Å². The van der Waals surface area contributed by atoms with Gasteiger partial charge in [0.25, 0.3) is 0 Å². The zero-order chi connectivity index (χ0) is 17.1. The number of nitrogens with zero attached hydrogens (tertiary/aromatic N) is 2. The van der Waals surface area contributed by atoms with Gasteiger partial charge in [-0.25, -0.2) is 0 Å². The molecule has 0 aliphatic carbocycles. The minimum Gasteiger partial charge on any atom is -0.492 e. The number of rotatable bonds is 6. The Bertz CT molecular complexity index is 914. The maximum Gasteiger partial charge on any atom is 0.202 e. The number of hydrogen-bond acceptors (Lipinski definition) is 2. The first-order valence-corrected chi connectivity index (χ1v) is 8.68. The van der Waals surface area contributed by atoms with Crippen molar-refractivity contribution >= 4 is 34.2 Å². The van der Waals surface area contributed by atoms with Crippen molar-refractivity contribution < 1.29 is 4.74 Å². The lowest BCUT2D eigenvalue weighted by molar-refractivity contribution is 0.301. The molecule has 2 aromatic carbocycles. The first-order chi connectivity index (χ1) is 11.6. The van der Waals surface area contributed by atoms with E-state index in [1.807, 2.05) is 21.3 Å². The maximum atomic E-state index is 8.38. The lowest BCUT2D eigenvalue weighted by Gasteiger charge is -2.09. The molecule has 6 heteroatoms. The average Bonchev–Trinajstić information content (AvgIpc) is 2.84. The minimum absolute atomic E-state index is 0.513. The van der Waals surface area contributed by atoms with Crippen LogP contribution in [-0.4, -0.2) is 15.7 Å². The van der Waals surface area contributed by atoms with Gasteiger partial charge in [0.15, 0.2) is 0 Å². The van der Waals surface area contributed by atoms with E-state index in [2.05, 4.69) is 19.1 Å². The number of aromatic nitrogens is 2. The Morgan fingerprint density at radius 3 is 2.42 bits per heavy atom. The fourth-order valence-corrected chi connectivity index (χ4v) is 3.30. The molecule has 0 saturated heterocycles. The van der Waals surface area contributed by atoms with Crippen LogP contribution in [0, 0.1) is 5.41 Å². The first kappa shape index (κ1) is 16.9. The lowest BCUT2D eigenvalue weighted by atomic mass is 10.3. The van der Waals surface area contributed by atoms with Crippen LogP contribution >= 0.6 is 23.2 Å². The molecule has 0 aliphatic heterocycles. The molecule has 0 amide bonds. The molecule has 0 spiro atoms. The lowest BCUT2D eigenvalue weighted by Crippen LogP contribution is -2.24. The standard InChI is InChI=1S/C18H19Cl2N3O/c1-2-22-15-6-3-4-7-16(15)23(18(22)21)10-5-11-24-17-9-8-13(19)12-14(17)20/h3-4,6-9,12,21H,2,5,10-11H2,1H3. The highest BCUT2D eigenvalue weighted by Crippen LogP contribution is 2.27. The summed E-state index contributed by atoms with van der Waals surface area (Å²) in [5.74, 6) is 0.633. The number of benzene rings is 2. The van der Waals surface area contributed by atoms with Crippen LogP contribution in [-0.2, 0) is 13.1 Å². The molecule has 126 valence electrons. The summed E-state index contributed by atoms with van der Waals surface area (Å²) in [6, 6.07) is 13.3. The smallest absolute Gasteiger partial charge is 0.202 e. The van der Waals surface area contributed by atoms with E-state index in [-0.39, 0.29) is 0 Å². The van der Waals surface area contributed by atoms with Gasteiger partial charge >= 0.3 is 0 Å². The number of ether oxygens (including phenoxy) is 1. The molecule has 0 fully saturated rings. The molecule has 4 nitrogen and oxygen atoms in total. The Balaban J connectivity index is 1.70. The van der Waals surface area contributed by atoms with Crippen LogP contribution < -0.4 is 10.4 Å². The van der Waals surface area contributed by atoms with E-state index in [4.69, 9.17) is 33.3 Å². The van der Waals surface area contributed by atoms with Gasteiger partial charge in [0, 0.05) is 18.1 Å². The predicted octanol–water partition coefficient (Wildman–Crippen LogP) is 4.72. The quantitative estimate of drug-likeness (QED) is 0.632. The van der Waals surface area contributed by atoms with Gasteiger partial charge in [0.2, 0.25) is 5.62 Å². The van der Waals surface area contributed by atoms with Gasteiger partial charge in [0.05, 0.1) is 22.7 Å². The third-order valence-electron chi connectivity index (χ3n) is 3.97. The summed E-state index contributed by atoms with van der Waals surface area (Å²) in [6.45, 7) is 4.08. The monoisotopic (exact) mass is 363 g/mol. The van der Waals surface area contributed by atoms with Gasteiger partial charge in [-0.15, -0.1) is 0 Å². The summed E-state index contributed by atoms with van der Waals surface area (Å²) < 4.78 is 9.75. The van der Waals surface area contributed by atoms with Gasteiger partial charge in [-0.05, 0) is 43.7 Å². The van der Waals surface area contributed by atoms with E-state index in [1.54, 1.807) is 18.2 Å². The van der Waals surface area contributed by atoms with Crippen molar-refractivity contribution in [2.24, 2.45) is 0 Å². The Morgan fingerprint density at radius 1 is 1.04 bits per heavy atom. The summed E-state index contributed by atoms with van der Waals surface area (Å²) in [6.07, 6.45) is 0.785. The second kappa shape index (κ2) is 7.32. The highest BCUT2D eigenvalue weighted by molar-refractivity contribution is 6.35. The second-order valence-electron chi connectivity index (χ2n) is 5.48. The van der Waals surface area contributed by atoms with Crippen LogP contribution in [0.3, 0.4) is 0 Å². The number of imidazole rings is 1. The van der Waals surface area contributed by atoms with E-state index in [9.17, 15) is 0 Å². The van der Waals surface area contributed by atoms with Gasteiger partial charge in [-0.1, -0.05) is 35.3 Å². The average molecular weight is 364 g/mol. The predicted molar refractivity (Wildman–Crippen MR) is 98.0 cm³/mol. The van der Waals surface area contributed by atoms with E-state index in [1.165, 1.54) is 0 Å². The summed E-state index contributed by atoms with van der Waals surface area (Å²) in [5, 5.41) is 9.49. The van der Waals surface area contributed by atoms with Crippen LogP contribution in [0.1, 0.15) is 13.3 Å². The highest BCUT2D eigenvalue weighted by Gasteiger charge is 2.09. The zero-order valence-electron chi connectivity index (χ0n) is 13.4. The zero-order valence-corrected chi connectivity index (χ0v) is 14.9. The van der Waals surface area contributed by atoms with Gasteiger partial charge in [-0.3, -0.25) is 5.41 Å². The second-order valence-corrected chi connectivity index (χ2v) is 6.33. The number of halogens is 2. The fraction of sp³-hybridized carbons (Fsp3) is 0.278. The molecule has 0 saturated carbocycles. The number of para-hydroxylation sites is 2. The molecular weight excluding hydrogens is 345 g/mol. The van der Waals surface area contributed by atoms with Crippen molar-refractivity contribution in [3.63, 3.8) is 0 Å². The Morgan fingerprint density at radius 2 is 1.75 bits per heavy atom. The molecule has 0 aliphatic rings. The van der Waals surface area contributed by atoms with Crippen LogP contribution in [0.2, 0.25) is 10.0 Å². The number of hydrogen-bond donors (Lipinski definition) is 1. The van der Waals surface area contributed by atoms with Crippen molar-refractivity contribution in [1.29, 1.82) is 5.41 Å². The van der Waals surface area contributed by atoms with Crippen molar-refractivity contribution in [3.05, 3.63) is 58.1 Å². The van der Waals surface area contributed by atoms with Gasteiger partial charge in [-0.2, -0.15) is 0 Å². The summed E-state index contributed by atoms with van der Waals surface area (Å²) in [5.41, 5.74) is 2.68. The molecule has 0 atom stereocenters. The number of nitrogens with one attached hydrogen (secondary N) is 1. The minimum atomic E-state index is 0.513. The van der Waals surface area contributed by atoms with Crippen molar-refractivity contribution in [2.45, 2.75) is 26.4 Å². The van der Waals surface area contributed by atoms with Crippen molar-refractivity contribution in [1.82, 2.24) is 9.13 Å². The van der Waals surface area contributed by atoms with Crippen LogP contribution in [0.15, 0.2) is 42.5 Å². The molecule has 1 aromatic heterocycles. The third kappa shape index (κ3) is 3.30. The molecule has 24 heavy (non-hydrogen) atoms. The summed E-state index contributed by atoms with van der Waals surface area (Å²) >= 11 is 12.0. The maximum absolute atomic E-state index is 8.38. The van der Waals surface area contributed by atoms with Crippen LogP contribution in [0.5, 0.6) is 5.75 Å². The fourth-order valence-electron chi connectivity index (χ4n) is 2.84. The van der Waals surface area contributed by atoms with E-state index >= 15 is 0 Å². The summed E-state index contributed by atoms with van der Waals surface area (Å²) in [7, 11) is 0. The van der Waals surface area contributed by atoms with E-state index in [0.717, 1.165) is 30.5 Å². The molecular formula is C18H19Cl2N3O. The largest absolute Gasteiger partial charge is 0.492 e. The number of aryl methyl sites for hydroxylation is 2. The van der Waals surface area contributed by atoms with Crippen LogP contribution in [0.25, 0.3) is 11.0 Å². The van der Waals surface area contributed by atoms with Crippen LogP contribution in [0.4, 0.5) is 0 Å². The molecule has 0 bridgehead atoms. The Kier molecular flexibility index (Phi) is 5.17. The Hall–Kier alpha value is -1.91. The molecule has 3 rings (SSSR count). The van der Waals surface area contributed by atoms with Gasteiger partial charge < -0.3 is 13.9 Å². The molecule has 0 radical (unpaired) electrons. The normalized spacial score (nSPS) is 11.1. The molecule has 1 N–H and O–H groups in total. The number of fused-ring (bicyclic) bond motifs is 1. The highest BCUT2D eigenvalue weighted by atomic mass is 35.5. The third-order valence-corrected chi connectivity index (χ3v) is 4.50. The molecule has 0 unspecified atom stereocenters. The molecule has 3 aromatic rings. The first-order valence-electron chi connectivity index (χ1n) is 7.92. The Labute approximate surface area is 150 Å². The molecule has 1 heterocycles. The summed E-state index contributed by atoms with van der Waals surface area (Å²) in [4.78, 5) is 0. The topological polar surface area (TPSA) is 42.9 Å². The van der Waals surface area contributed by atoms with E-state index in [0.29, 0.717) is 28.0 Å². The van der Waals surface area contributed by atoms with E-state index < -0.39 is 0 Å². The van der Waals surface area contributed by atoms with Crippen molar-refractivity contribution in [3.8, 4) is 5.75 Å². The van der Waals surface area contributed by atoms with Crippen molar-refractivity contribution in [2.75, 3.05) is 6.61 Å². The SMILES string of the molecule is CCn1c(=N)n(CCCOc2ccc(Cl)cc2Cl)c2ccccc21.